The van der Waals surface area contributed by atoms with Crippen molar-refractivity contribution in [3.05, 3.63) is 200 Å². The molecule has 1 aliphatic carbocycles. The molecular weight excluding hydrogens is 705 g/mol. The average Bonchev–Trinajstić information content (AvgIpc) is 3.64. The zero-order valence-electron chi connectivity index (χ0n) is 31.3. The van der Waals surface area contributed by atoms with E-state index in [1.54, 1.807) is 0 Å². The van der Waals surface area contributed by atoms with Gasteiger partial charge in [0.15, 0.2) is 17.5 Å². The number of benzene rings is 9. The molecule has 0 bridgehead atoms. The van der Waals surface area contributed by atoms with E-state index in [1.807, 2.05) is 66.7 Å². The van der Waals surface area contributed by atoms with Gasteiger partial charge in [0.25, 0.3) is 0 Å². The van der Waals surface area contributed by atoms with Crippen molar-refractivity contribution in [2.75, 3.05) is 0 Å². The first kappa shape index (κ1) is 33.3. The number of fused-ring (bicyclic) bond motifs is 4. The van der Waals surface area contributed by atoms with Crippen molar-refractivity contribution in [2.45, 2.75) is 0 Å². The van der Waals surface area contributed by atoms with E-state index in [9.17, 15) is 5.26 Å². The molecule has 0 saturated carbocycles. The van der Waals surface area contributed by atoms with Crippen LogP contribution in [-0.4, -0.2) is 15.0 Å². The van der Waals surface area contributed by atoms with Gasteiger partial charge in [-0.1, -0.05) is 182 Å². The van der Waals surface area contributed by atoms with Crippen LogP contribution < -0.4 is 0 Å². The Bertz CT molecular complexity index is 3270. The fourth-order valence-electron chi connectivity index (χ4n) is 8.55. The molecular formula is C54H32N4. The number of hydrogen-bond acceptors (Lipinski definition) is 4. The van der Waals surface area contributed by atoms with E-state index in [2.05, 4.69) is 133 Å². The molecule has 0 spiro atoms. The van der Waals surface area contributed by atoms with Gasteiger partial charge in [-0.2, -0.15) is 5.26 Å². The predicted octanol–water partition coefficient (Wildman–Crippen LogP) is 13.7. The maximum Gasteiger partial charge on any atom is 0.164 e. The molecule has 0 saturated heterocycles. The van der Waals surface area contributed by atoms with Crippen LogP contribution in [0.4, 0.5) is 0 Å². The second-order valence-electron chi connectivity index (χ2n) is 14.7. The van der Waals surface area contributed by atoms with Gasteiger partial charge in [0.2, 0.25) is 0 Å². The van der Waals surface area contributed by atoms with Crippen LogP contribution >= 0.6 is 0 Å². The van der Waals surface area contributed by atoms with Gasteiger partial charge >= 0.3 is 0 Å². The topological polar surface area (TPSA) is 62.5 Å². The lowest BCUT2D eigenvalue weighted by Crippen LogP contribution is -2.00. The zero-order valence-corrected chi connectivity index (χ0v) is 31.3. The summed E-state index contributed by atoms with van der Waals surface area (Å²) in [5, 5.41) is 15.2. The van der Waals surface area contributed by atoms with Crippen molar-refractivity contribution < 1.29 is 0 Å². The molecule has 0 amide bonds. The fraction of sp³-hybridized carbons (Fsp3) is 0. The van der Waals surface area contributed by atoms with Gasteiger partial charge in [0.05, 0.1) is 11.6 Å². The maximum atomic E-state index is 10.4. The molecule has 9 aromatic carbocycles. The average molecular weight is 737 g/mol. The van der Waals surface area contributed by atoms with Gasteiger partial charge in [-0.15, -0.1) is 0 Å². The van der Waals surface area contributed by atoms with Crippen molar-refractivity contribution in [3.63, 3.8) is 0 Å². The van der Waals surface area contributed by atoms with Crippen molar-refractivity contribution in [3.8, 4) is 95.9 Å². The first-order valence-corrected chi connectivity index (χ1v) is 19.4. The van der Waals surface area contributed by atoms with Crippen LogP contribution in [0.25, 0.3) is 111 Å². The highest BCUT2D eigenvalue weighted by molar-refractivity contribution is 6.19. The Balaban J connectivity index is 0.972. The van der Waals surface area contributed by atoms with Crippen LogP contribution in [0.15, 0.2) is 194 Å². The van der Waals surface area contributed by atoms with Gasteiger partial charge in [-0.05, 0) is 83.7 Å². The molecule has 0 unspecified atom stereocenters. The van der Waals surface area contributed by atoms with Crippen LogP contribution in [0, 0.1) is 11.3 Å². The minimum absolute atomic E-state index is 0.583. The smallest absolute Gasteiger partial charge is 0.164 e. The van der Waals surface area contributed by atoms with Crippen molar-refractivity contribution in [1.82, 2.24) is 15.0 Å². The highest BCUT2D eigenvalue weighted by Gasteiger charge is 2.24. The highest BCUT2D eigenvalue weighted by Crippen LogP contribution is 2.51. The third kappa shape index (κ3) is 5.57. The van der Waals surface area contributed by atoms with E-state index in [-0.39, 0.29) is 0 Å². The first-order valence-electron chi connectivity index (χ1n) is 19.4. The normalized spacial score (nSPS) is 11.4. The summed E-state index contributed by atoms with van der Waals surface area (Å²) in [4.78, 5) is 14.9. The van der Waals surface area contributed by atoms with E-state index >= 15 is 0 Å². The quantitative estimate of drug-likeness (QED) is 0.170. The van der Waals surface area contributed by atoms with Crippen LogP contribution in [0.5, 0.6) is 0 Å². The molecule has 0 aliphatic heterocycles. The Morgan fingerprint density at radius 3 is 1.55 bits per heavy atom. The number of nitrogens with zero attached hydrogens (tertiary/aromatic N) is 4. The van der Waals surface area contributed by atoms with Crippen LogP contribution in [0.2, 0.25) is 0 Å². The lowest BCUT2D eigenvalue weighted by atomic mass is 9.88. The SMILES string of the molecule is N#Cc1cccc(-c2ccc(-c3ccc4cccc5c4c3-c3ccccc3-5)cc2)c1-c1ccc(-c2nc(-c3ccccc3)nc(-c3ccc4ccccc4c3)n2)cc1. The molecule has 0 N–H and O–H groups in total. The van der Waals surface area contributed by atoms with Crippen LogP contribution in [0.3, 0.4) is 0 Å². The maximum absolute atomic E-state index is 10.4. The summed E-state index contributed by atoms with van der Waals surface area (Å²) in [5.41, 5.74) is 14.7. The molecule has 4 heteroatoms. The molecule has 1 aliphatic rings. The fourth-order valence-corrected chi connectivity index (χ4v) is 8.55. The first-order chi connectivity index (χ1) is 28.7. The molecule has 0 radical (unpaired) electrons. The standard InChI is InChI=1S/C54H32N4/c55-33-43-15-9-18-44(35-21-23-36(24-22-35)45-31-30-37-14-8-19-47-46-16-6-7-17-48(46)51(45)50(37)47)49(43)38-25-27-40(28-26-38)53-56-52(39-11-2-1-3-12-39)57-54(58-53)42-29-20-34-10-4-5-13-41(34)32-42/h1-32H. The third-order valence-electron chi connectivity index (χ3n) is 11.3. The molecule has 0 fully saturated rings. The van der Waals surface area contributed by atoms with Crippen LogP contribution in [0.1, 0.15) is 5.56 Å². The molecule has 1 aromatic heterocycles. The number of rotatable bonds is 6. The Kier molecular flexibility index (Phi) is 7.84. The summed E-state index contributed by atoms with van der Waals surface area (Å²) in [6.45, 7) is 0. The minimum Gasteiger partial charge on any atom is -0.208 e. The van der Waals surface area contributed by atoms with Gasteiger partial charge in [-0.25, -0.2) is 15.0 Å². The Morgan fingerprint density at radius 2 is 0.810 bits per heavy atom. The van der Waals surface area contributed by atoms with Crippen molar-refractivity contribution in [2.24, 2.45) is 0 Å². The molecule has 1 heterocycles. The summed E-state index contributed by atoms with van der Waals surface area (Å²) >= 11 is 0. The predicted molar refractivity (Wildman–Crippen MR) is 237 cm³/mol. The number of hydrogen-bond donors (Lipinski definition) is 0. The number of aromatic nitrogens is 3. The monoisotopic (exact) mass is 736 g/mol. The Hall–Kier alpha value is -8.00. The van der Waals surface area contributed by atoms with E-state index in [0.717, 1.165) is 55.3 Å². The van der Waals surface area contributed by atoms with Gasteiger partial charge in [0, 0.05) is 22.3 Å². The van der Waals surface area contributed by atoms with E-state index in [1.165, 1.54) is 38.6 Å². The molecule has 4 nitrogen and oxygen atoms in total. The van der Waals surface area contributed by atoms with E-state index < -0.39 is 0 Å². The summed E-state index contributed by atoms with van der Waals surface area (Å²) in [6, 6.07) is 69.8. The second-order valence-corrected chi connectivity index (χ2v) is 14.7. The molecule has 11 rings (SSSR count). The summed E-state index contributed by atoms with van der Waals surface area (Å²) in [6.07, 6.45) is 0. The minimum atomic E-state index is 0.583. The lowest BCUT2D eigenvalue weighted by molar-refractivity contribution is 1.07. The Morgan fingerprint density at radius 1 is 0.310 bits per heavy atom. The lowest BCUT2D eigenvalue weighted by Gasteiger charge is -2.15. The largest absolute Gasteiger partial charge is 0.208 e. The van der Waals surface area contributed by atoms with Crippen LogP contribution in [-0.2, 0) is 0 Å². The van der Waals surface area contributed by atoms with Crippen molar-refractivity contribution >= 4 is 21.5 Å². The Labute approximate surface area is 336 Å². The van der Waals surface area contributed by atoms with E-state index in [4.69, 9.17) is 15.0 Å². The summed E-state index contributed by atoms with van der Waals surface area (Å²) in [5.74, 6) is 1.81. The van der Waals surface area contributed by atoms with Gasteiger partial charge in [-0.3, -0.25) is 0 Å². The second kappa shape index (κ2) is 13.6. The molecule has 268 valence electrons. The molecule has 58 heavy (non-hydrogen) atoms. The molecule has 0 atom stereocenters. The van der Waals surface area contributed by atoms with Gasteiger partial charge < -0.3 is 0 Å². The third-order valence-corrected chi connectivity index (χ3v) is 11.3. The molecule has 10 aromatic rings. The zero-order chi connectivity index (χ0) is 38.6. The highest BCUT2D eigenvalue weighted by atomic mass is 15.0. The summed E-state index contributed by atoms with van der Waals surface area (Å²) in [7, 11) is 0. The summed E-state index contributed by atoms with van der Waals surface area (Å²) < 4.78 is 0. The van der Waals surface area contributed by atoms with Crippen molar-refractivity contribution in [1.29, 1.82) is 5.26 Å². The van der Waals surface area contributed by atoms with E-state index in [0.29, 0.717) is 23.0 Å². The van der Waals surface area contributed by atoms with Gasteiger partial charge in [0.1, 0.15) is 0 Å². The number of nitriles is 1.